The normalized spacial score (nSPS) is 21.6. The highest BCUT2D eigenvalue weighted by atomic mass is 32.1. The van der Waals surface area contributed by atoms with E-state index in [9.17, 15) is 0 Å². The predicted octanol–water partition coefficient (Wildman–Crippen LogP) is 1.39. The van der Waals surface area contributed by atoms with Gasteiger partial charge in [-0.25, -0.2) is 4.98 Å². The van der Waals surface area contributed by atoms with Crippen molar-refractivity contribution in [1.82, 2.24) is 24.9 Å². The lowest BCUT2D eigenvalue weighted by Gasteiger charge is -2.24. The highest BCUT2D eigenvalue weighted by molar-refractivity contribution is 7.18. The van der Waals surface area contributed by atoms with Gasteiger partial charge in [-0.1, -0.05) is 16.5 Å². The van der Waals surface area contributed by atoms with E-state index in [1.54, 1.807) is 0 Å². The Bertz CT molecular complexity index is 624. The van der Waals surface area contributed by atoms with Crippen LogP contribution in [0, 0.1) is 6.92 Å². The van der Waals surface area contributed by atoms with Crippen LogP contribution >= 0.6 is 11.3 Å². The monoisotopic (exact) mass is 308 g/mol. The molecule has 7 nitrogen and oxygen atoms in total. The molecule has 2 aromatic rings. The second-order valence-corrected chi connectivity index (χ2v) is 6.57. The van der Waals surface area contributed by atoms with Crippen LogP contribution < -0.4 is 5.73 Å². The Labute approximate surface area is 127 Å². The largest absolute Gasteiger partial charge is 0.375 e. The van der Waals surface area contributed by atoms with Gasteiger partial charge in [0.1, 0.15) is 4.88 Å². The van der Waals surface area contributed by atoms with Gasteiger partial charge in [-0.05, 0) is 40.5 Å². The van der Waals surface area contributed by atoms with Crippen molar-refractivity contribution in [2.45, 2.75) is 19.4 Å². The van der Waals surface area contributed by atoms with Gasteiger partial charge in [0.05, 0.1) is 11.7 Å². The lowest BCUT2D eigenvalue weighted by atomic mass is 10.2. The van der Waals surface area contributed by atoms with Crippen LogP contribution in [0.4, 0.5) is 5.13 Å². The number of thiazole rings is 1. The molecule has 2 N–H and O–H groups in total. The zero-order valence-corrected chi connectivity index (χ0v) is 13.4. The lowest BCUT2D eigenvalue weighted by molar-refractivity contribution is 0.215. The van der Waals surface area contributed by atoms with Crippen LogP contribution in [0.2, 0.25) is 0 Å². The molecule has 1 atom stereocenters. The number of aryl methyl sites for hydroxylation is 1. The van der Waals surface area contributed by atoms with Gasteiger partial charge in [-0.3, -0.25) is 4.90 Å². The van der Waals surface area contributed by atoms with Crippen molar-refractivity contribution in [3.05, 3.63) is 11.5 Å². The van der Waals surface area contributed by atoms with Crippen molar-refractivity contribution < 1.29 is 4.52 Å². The van der Waals surface area contributed by atoms with E-state index >= 15 is 0 Å². The second-order valence-electron chi connectivity index (χ2n) is 5.54. The number of hydrogen-bond acceptors (Lipinski definition) is 8. The van der Waals surface area contributed by atoms with Gasteiger partial charge in [0.25, 0.3) is 5.89 Å². The van der Waals surface area contributed by atoms with Crippen LogP contribution in [0.5, 0.6) is 0 Å². The molecule has 0 aromatic carbocycles. The molecule has 0 spiro atoms. The van der Waals surface area contributed by atoms with Gasteiger partial charge in [0, 0.05) is 6.54 Å². The summed E-state index contributed by atoms with van der Waals surface area (Å²) in [5.41, 5.74) is 6.56. The van der Waals surface area contributed by atoms with Crippen LogP contribution in [0.15, 0.2) is 4.52 Å². The van der Waals surface area contributed by atoms with Crippen LogP contribution in [0.3, 0.4) is 0 Å². The average Bonchev–Trinajstić information content (AvgIpc) is 2.98. The van der Waals surface area contributed by atoms with Crippen molar-refractivity contribution in [3.63, 3.8) is 0 Å². The van der Waals surface area contributed by atoms with E-state index in [0.717, 1.165) is 42.5 Å². The first-order chi connectivity index (χ1) is 10.0. The number of rotatable bonds is 2. The van der Waals surface area contributed by atoms with Crippen molar-refractivity contribution in [3.8, 4) is 10.8 Å². The van der Waals surface area contributed by atoms with Gasteiger partial charge in [-0.2, -0.15) is 4.98 Å². The summed E-state index contributed by atoms with van der Waals surface area (Å²) in [6, 6.07) is 0.153. The second kappa shape index (κ2) is 5.70. The number of likely N-dealkylation sites (N-methyl/N-ethyl adjacent to an activating group) is 2. The molecule has 1 aliphatic rings. The number of anilines is 1. The number of aromatic nitrogens is 3. The third-order valence-electron chi connectivity index (χ3n) is 3.81. The Hall–Kier alpha value is -1.51. The molecule has 0 bridgehead atoms. The van der Waals surface area contributed by atoms with Gasteiger partial charge in [0.15, 0.2) is 11.0 Å². The highest BCUT2D eigenvalue weighted by Gasteiger charge is 2.27. The molecule has 0 saturated carbocycles. The van der Waals surface area contributed by atoms with E-state index in [1.807, 2.05) is 6.92 Å². The molecule has 1 aliphatic heterocycles. The molecule has 114 valence electrons. The van der Waals surface area contributed by atoms with Crippen molar-refractivity contribution in [1.29, 1.82) is 0 Å². The van der Waals surface area contributed by atoms with E-state index in [4.69, 9.17) is 10.3 Å². The molecule has 0 amide bonds. The van der Waals surface area contributed by atoms with Gasteiger partial charge < -0.3 is 15.2 Å². The third-order valence-corrected chi connectivity index (χ3v) is 4.79. The number of hydrogen-bond donors (Lipinski definition) is 1. The molecule has 1 fully saturated rings. The summed E-state index contributed by atoms with van der Waals surface area (Å²) >= 11 is 1.38. The smallest absolute Gasteiger partial charge is 0.270 e. The van der Waals surface area contributed by atoms with Crippen LogP contribution in [-0.2, 0) is 0 Å². The van der Waals surface area contributed by atoms with E-state index < -0.39 is 0 Å². The molecule has 1 unspecified atom stereocenters. The van der Waals surface area contributed by atoms with Gasteiger partial charge >= 0.3 is 0 Å². The predicted molar refractivity (Wildman–Crippen MR) is 82.0 cm³/mol. The fourth-order valence-electron chi connectivity index (χ4n) is 2.63. The number of nitrogen functional groups attached to an aromatic ring is 1. The minimum absolute atomic E-state index is 0.153. The molecule has 0 radical (unpaired) electrons. The van der Waals surface area contributed by atoms with E-state index in [0.29, 0.717) is 11.0 Å². The summed E-state index contributed by atoms with van der Waals surface area (Å²) in [7, 11) is 4.23. The van der Waals surface area contributed by atoms with Crippen LogP contribution in [0.1, 0.15) is 24.0 Å². The highest BCUT2D eigenvalue weighted by Crippen LogP contribution is 2.31. The SMILES string of the molecule is Cc1nc(N)sc1-c1nc(C2CN(C)CCCN2C)no1. The molecule has 3 heterocycles. The fourth-order valence-corrected chi connectivity index (χ4v) is 3.38. The van der Waals surface area contributed by atoms with E-state index in [2.05, 4.69) is 39.0 Å². The minimum atomic E-state index is 0.153. The lowest BCUT2D eigenvalue weighted by Crippen LogP contribution is -2.31. The molecule has 1 saturated heterocycles. The zero-order valence-electron chi connectivity index (χ0n) is 12.5. The summed E-state index contributed by atoms with van der Waals surface area (Å²) < 4.78 is 5.43. The molecule has 3 rings (SSSR count). The van der Waals surface area contributed by atoms with Crippen molar-refractivity contribution in [2.75, 3.05) is 39.5 Å². The summed E-state index contributed by atoms with van der Waals surface area (Å²) in [6.07, 6.45) is 1.15. The zero-order chi connectivity index (χ0) is 15.0. The van der Waals surface area contributed by atoms with E-state index in [-0.39, 0.29) is 6.04 Å². The van der Waals surface area contributed by atoms with Crippen LogP contribution in [-0.4, -0.2) is 58.7 Å². The first kappa shape index (κ1) is 14.4. The molecule has 0 aliphatic carbocycles. The van der Waals surface area contributed by atoms with Crippen molar-refractivity contribution in [2.24, 2.45) is 0 Å². The summed E-state index contributed by atoms with van der Waals surface area (Å²) in [5, 5.41) is 4.70. The van der Waals surface area contributed by atoms with E-state index in [1.165, 1.54) is 11.3 Å². The molecular formula is C13H20N6OS. The Morgan fingerprint density at radius 2 is 2.10 bits per heavy atom. The fraction of sp³-hybridized carbons (Fsp3) is 0.615. The maximum absolute atomic E-state index is 5.73. The standard InChI is InChI=1S/C13H20N6OS/c1-8-10(21-13(14)15-8)12-16-11(17-20-12)9-7-18(2)5-4-6-19(9)3/h9H,4-7H2,1-3H3,(H2,14,15). The Kier molecular flexibility index (Phi) is 3.92. The number of nitrogens with two attached hydrogens (primary N) is 1. The molecule has 2 aromatic heterocycles. The first-order valence-corrected chi connectivity index (χ1v) is 7.82. The maximum atomic E-state index is 5.73. The maximum Gasteiger partial charge on any atom is 0.270 e. The quantitative estimate of drug-likeness (QED) is 0.897. The van der Waals surface area contributed by atoms with Gasteiger partial charge in [-0.15, -0.1) is 0 Å². The Balaban J connectivity index is 1.88. The summed E-state index contributed by atoms with van der Waals surface area (Å²) in [5.74, 6) is 1.24. The average molecular weight is 308 g/mol. The Morgan fingerprint density at radius 1 is 1.29 bits per heavy atom. The number of nitrogens with zero attached hydrogens (tertiary/aromatic N) is 5. The topological polar surface area (TPSA) is 84.3 Å². The van der Waals surface area contributed by atoms with Gasteiger partial charge in [0.2, 0.25) is 0 Å². The van der Waals surface area contributed by atoms with Crippen LogP contribution in [0.25, 0.3) is 10.8 Å². The minimum Gasteiger partial charge on any atom is -0.375 e. The third kappa shape index (κ3) is 2.92. The van der Waals surface area contributed by atoms with Crippen molar-refractivity contribution >= 4 is 16.5 Å². The Morgan fingerprint density at radius 3 is 2.81 bits per heavy atom. The summed E-state index contributed by atoms with van der Waals surface area (Å²) in [4.78, 5) is 14.2. The molecule has 8 heteroatoms. The molecular weight excluding hydrogens is 288 g/mol. The molecule has 21 heavy (non-hydrogen) atoms. The summed E-state index contributed by atoms with van der Waals surface area (Å²) in [6.45, 7) is 4.93. The first-order valence-electron chi connectivity index (χ1n) is 7.00.